The van der Waals surface area contributed by atoms with E-state index >= 15 is 0 Å². The lowest BCUT2D eigenvalue weighted by Crippen LogP contribution is -2.35. The minimum atomic E-state index is -3.59. The molecule has 0 aliphatic rings. The Balaban J connectivity index is 2.80. The highest BCUT2D eigenvalue weighted by molar-refractivity contribution is 7.93. The van der Waals surface area contributed by atoms with Gasteiger partial charge in [0.05, 0.1) is 21.0 Å². The fourth-order valence-corrected chi connectivity index (χ4v) is 2.94. The Morgan fingerprint density at radius 2 is 1.85 bits per heavy atom. The van der Waals surface area contributed by atoms with Crippen molar-refractivity contribution in [3.05, 3.63) is 28.0 Å². The average Bonchev–Trinajstić information content (AvgIpc) is 2.35. The summed E-state index contributed by atoms with van der Waals surface area (Å²) >= 11 is 11.2. The molecule has 1 aromatic carbocycles. The first kappa shape index (κ1) is 17.5. The molecule has 0 saturated carbocycles. The second-order valence-corrected chi connectivity index (χ2v) is 7.33. The second kappa shape index (κ2) is 7.45. The van der Waals surface area contributed by atoms with Crippen LogP contribution in [0, 0.1) is 5.82 Å². The quantitative estimate of drug-likeness (QED) is 0.590. The monoisotopic (exact) mass is 342 g/mol. The lowest BCUT2D eigenvalue weighted by Gasteiger charge is -2.16. The lowest BCUT2D eigenvalue weighted by atomic mass is 10.3. The summed E-state index contributed by atoms with van der Waals surface area (Å²) in [4.78, 5) is 0. The van der Waals surface area contributed by atoms with Crippen LogP contribution >= 0.6 is 23.2 Å². The van der Waals surface area contributed by atoms with Gasteiger partial charge in [0, 0.05) is 6.54 Å². The van der Waals surface area contributed by atoms with Gasteiger partial charge in [-0.1, -0.05) is 30.1 Å². The number of hydrogen-bond donors (Lipinski definition) is 2. The normalized spacial score (nSPS) is 13.2. The Morgan fingerprint density at radius 3 is 2.35 bits per heavy atom. The smallest absolute Gasteiger partial charge is 0.236 e. The molecule has 20 heavy (non-hydrogen) atoms. The molecule has 2 N–H and O–H groups in total. The zero-order chi connectivity index (χ0) is 15.3. The van der Waals surface area contributed by atoms with Crippen molar-refractivity contribution >= 4 is 38.9 Å². The Morgan fingerprint density at radius 1 is 1.30 bits per heavy atom. The molecule has 0 radical (unpaired) electrons. The molecule has 114 valence electrons. The van der Waals surface area contributed by atoms with Crippen LogP contribution in [-0.4, -0.2) is 26.8 Å². The van der Waals surface area contributed by atoms with Crippen LogP contribution in [0.25, 0.3) is 0 Å². The predicted molar refractivity (Wildman–Crippen MR) is 81.6 cm³/mol. The number of hydrogen-bond acceptors (Lipinski definition) is 3. The first-order chi connectivity index (χ1) is 9.27. The van der Waals surface area contributed by atoms with E-state index in [1.54, 1.807) is 6.92 Å². The van der Waals surface area contributed by atoms with Gasteiger partial charge in [0.2, 0.25) is 10.0 Å². The summed E-state index contributed by atoms with van der Waals surface area (Å²) in [7, 11) is -3.59. The molecule has 8 heteroatoms. The maximum absolute atomic E-state index is 13.3. The molecule has 0 bridgehead atoms. The first-order valence-corrected chi connectivity index (χ1v) is 8.45. The van der Waals surface area contributed by atoms with E-state index in [1.807, 2.05) is 6.92 Å². The van der Waals surface area contributed by atoms with E-state index in [2.05, 4.69) is 10.0 Å². The second-order valence-electron chi connectivity index (χ2n) is 4.42. The fraction of sp³-hybridized carbons (Fsp3) is 0.500. The van der Waals surface area contributed by atoms with Crippen LogP contribution in [0.5, 0.6) is 0 Å². The molecule has 1 atom stereocenters. The topological polar surface area (TPSA) is 58.2 Å². The molecule has 4 nitrogen and oxygen atoms in total. The van der Waals surface area contributed by atoms with Crippen molar-refractivity contribution in [1.82, 2.24) is 5.32 Å². The highest BCUT2D eigenvalue weighted by Gasteiger charge is 2.21. The van der Waals surface area contributed by atoms with Crippen molar-refractivity contribution in [3.8, 4) is 0 Å². The van der Waals surface area contributed by atoms with Crippen LogP contribution in [0.4, 0.5) is 10.1 Å². The lowest BCUT2D eigenvalue weighted by molar-refractivity contribution is 0.575. The number of halogens is 3. The van der Waals surface area contributed by atoms with Crippen molar-refractivity contribution in [2.75, 3.05) is 17.8 Å². The van der Waals surface area contributed by atoms with Gasteiger partial charge < -0.3 is 5.32 Å². The van der Waals surface area contributed by atoms with Crippen molar-refractivity contribution in [1.29, 1.82) is 0 Å². The van der Waals surface area contributed by atoms with Gasteiger partial charge in [-0.2, -0.15) is 0 Å². The van der Waals surface area contributed by atoms with Gasteiger partial charge in [-0.15, -0.1) is 0 Å². The number of benzene rings is 1. The summed E-state index contributed by atoms with van der Waals surface area (Å²) in [6.07, 6.45) is 0.920. The van der Waals surface area contributed by atoms with Crippen LogP contribution in [0.3, 0.4) is 0 Å². The van der Waals surface area contributed by atoms with Gasteiger partial charge in [-0.3, -0.25) is 4.72 Å². The summed E-state index contributed by atoms with van der Waals surface area (Å²) in [5.41, 5.74) is 0.142. The summed E-state index contributed by atoms with van der Waals surface area (Å²) in [6, 6.07) is 2.37. The SMILES string of the molecule is CCCNCC(C)S(=O)(=O)Nc1cc(Cl)c(F)c(Cl)c1. The largest absolute Gasteiger partial charge is 0.315 e. The zero-order valence-corrected chi connectivity index (χ0v) is 13.5. The van der Waals surface area contributed by atoms with Gasteiger partial charge >= 0.3 is 0 Å². The van der Waals surface area contributed by atoms with E-state index in [9.17, 15) is 12.8 Å². The van der Waals surface area contributed by atoms with Crippen molar-refractivity contribution in [2.24, 2.45) is 0 Å². The maximum atomic E-state index is 13.3. The van der Waals surface area contributed by atoms with E-state index < -0.39 is 21.1 Å². The molecule has 0 aliphatic carbocycles. The van der Waals surface area contributed by atoms with Gasteiger partial charge in [0.25, 0.3) is 0 Å². The predicted octanol–water partition coefficient (Wildman–Crippen LogP) is 3.26. The molecule has 0 aromatic heterocycles. The molecule has 1 unspecified atom stereocenters. The summed E-state index contributed by atoms with van der Waals surface area (Å²) in [5, 5.41) is 1.93. The van der Waals surface area contributed by atoms with Crippen LogP contribution in [0.2, 0.25) is 10.0 Å². The maximum Gasteiger partial charge on any atom is 0.236 e. The number of anilines is 1. The average molecular weight is 343 g/mol. The highest BCUT2D eigenvalue weighted by atomic mass is 35.5. The van der Waals surface area contributed by atoms with E-state index in [0.29, 0.717) is 6.54 Å². The van der Waals surface area contributed by atoms with Crippen molar-refractivity contribution in [3.63, 3.8) is 0 Å². The van der Waals surface area contributed by atoms with E-state index in [1.165, 1.54) is 12.1 Å². The van der Waals surface area contributed by atoms with Crippen LogP contribution in [0.15, 0.2) is 12.1 Å². The van der Waals surface area contributed by atoms with E-state index in [4.69, 9.17) is 23.2 Å². The van der Waals surface area contributed by atoms with Crippen LogP contribution < -0.4 is 10.0 Å². The fourth-order valence-electron chi connectivity index (χ4n) is 1.47. The Labute approximate surface area is 128 Å². The molecule has 0 fully saturated rings. The minimum Gasteiger partial charge on any atom is -0.315 e. The molecular formula is C12H17Cl2FN2O2S. The van der Waals surface area contributed by atoms with Crippen molar-refractivity contribution in [2.45, 2.75) is 25.5 Å². The molecule has 1 rings (SSSR count). The van der Waals surface area contributed by atoms with Gasteiger partial charge in [-0.05, 0) is 32.0 Å². The van der Waals surface area contributed by atoms with E-state index in [0.717, 1.165) is 13.0 Å². The van der Waals surface area contributed by atoms with Gasteiger partial charge in [0.1, 0.15) is 0 Å². The zero-order valence-electron chi connectivity index (χ0n) is 11.2. The molecule has 0 saturated heterocycles. The minimum absolute atomic E-state index is 0.142. The van der Waals surface area contributed by atoms with Crippen LogP contribution in [-0.2, 0) is 10.0 Å². The number of sulfonamides is 1. The third-order valence-corrected chi connectivity index (χ3v) is 4.93. The molecule has 0 amide bonds. The number of nitrogens with one attached hydrogen (secondary N) is 2. The Hall–Kier alpha value is -0.560. The third-order valence-electron chi connectivity index (χ3n) is 2.63. The molecule has 1 aromatic rings. The van der Waals surface area contributed by atoms with Crippen molar-refractivity contribution < 1.29 is 12.8 Å². The van der Waals surface area contributed by atoms with Crippen LogP contribution in [0.1, 0.15) is 20.3 Å². The molecule has 0 heterocycles. The Kier molecular flexibility index (Phi) is 6.51. The third kappa shape index (κ3) is 4.77. The van der Waals surface area contributed by atoms with E-state index in [-0.39, 0.29) is 15.7 Å². The molecule has 0 aliphatic heterocycles. The summed E-state index contributed by atoms with van der Waals surface area (Å²) in [6.45, 7) is 4.64. The standard InChI is InChI=1S/C12H17Cl2FN2O2S/c1-3-4-16-7-8(2)20(18,19)17-9-5-10(13)12(15)11(14)6-9/h5-6,8,16-17H,3-4,7H2,1-2H3. The molecule has 0 spiro atoms. The summed E-state index contributed by atoms with van der Waals surface area (Å²) in [5.74, 6) is -0.769. The first-order valence-electron chi connectivity index (χ1n) is 6.14. The Bertz CT molecular complexity index is 544. The molecular weight excluding hydrogens is 326 g/mol. The van der Waals surface area contributed by atoms with Gasteiger partial charge in [-0.25, -0.2) is 12.8 Å². The highest BCUT2D eigenvalue weighted by Crippen LogP contribution is 2.28. The van der Waals surface area contributed by atoms with Gasteiger partial charge in [0.15, 0.2) is 5.82 Å². The summed E-state index contributed by atoms with van der Waals surface area (Å²) < 4.78 is 39.7. The number of rotatable bonds is 7.